The van der Waals surface area contributed by atoms with Crippen molar-refractivity contribution in [1.82, 2.24) is 20.5 Å². The second kappa shape index (κ2) is 9.91. The fourth-order valence-corrected chi connectivity index (χ4v) is 4.49. The lowest BCUT2D eigenvalue weighted by molar-refractivity contribution is -0.122. The zero-order valence-electron chi connectivity index (χ0n) is 17.3. The zero-order valence-corrected chi connectivity index (χ0v) is 18.1. The van der Waals surface area contributed by atoms with Gasteiger partial charge in [0.05, 0.1) is 12.3 Å². The first-order valence-electron chi connectivity index (χ1n) is 10.1. The van der Waals surface area contributed by atoms with Crippen molar-refractivity contribution < 1.29 is 9.59 Å². The van der Waals surface area contributed by atoms with Gasteiger partial charge in [-0.3, -0.25) is 14.7 Å². The summed E-state index contributed by atoms with van der Waals surface area (Å²) in [4.78, 5) is 28.7. The summed E-state index contributed by atoms with van der Waals surface area (Å²) in [5.41, 5.74) is 3.98. The molecule has 2 aromatic rings. The Labute approximate surface area is 175 Å². The van der Waals surface area contributed by atoms with Crippen LogP contribution >= 0.6 is 11.8 Å². The molecule has 3 rings (SSSR count). The molecular weight excluding hydrogens is 386 g/mol. The van der Waals surface area contributed by atoms with Crippen molar-refractivity contribution in [3.63, 3.8) is 0 Å². The summed E-state index contributed by atoms with van der Waals surface area (Å²) in [6.07, 6.45) is 6.05. The van der Waals surface area contributed by atoms with Gasteiger partial charge >= 0.3 is 0 Å². The van der Waals surface area contributed by atoms with Gasteiger partial charge in [-0.1, -0.05) is 55.1 Å². The third-order valence-corrected chi connectivity index (χ3v) is 6.04. The molecule has 29 heavy (non-hydrogen) atoms. The van der Waals surface area contributed by atoms with E-state index < -0.39 is 0 Å². The number of H-pyrrole nitrogens is 1. The number of aryl methyl sites for hydroxylation is 3. The number of amides is 2. The van der Waals surface area contributed by atoms with E-state index in [0.717, 1.165) is 34.6 Å². The van der Waals surface area contributed by atoms with Crippen molar-refractivity contribution in [1.29, 1.82) is 0 Å². The number of nitrogens with one attached hydrogen (secondary N) is 3. The van der Waals surface area contributed by atoms with Crippen molar-refractivity contribution in [2.75, 3.05) is 17.6 Å². The normalized spacial score (nSPS) is 14.2. The van der Waals surface area contributed by atoms with Gasteiger partial charge in [0.2, 0.25) is 17.0 Å². The maximum Gasteiger partial charge on any atom is 0.243 e. The molecule has 0 radical (unpaired) electrons. The first-order valence-corrected chi connectivity index (χ1v) is 11.1. The van der Waals surface area contributed by atoms with Gasteiger partial charge in [-0.15, -0.1) is 5.10 Å². The van der Waals surface area contributed by atoms with E-state index in [-0.39, 0.29) is 24.1 Å². The van der Waals surface area contributed by atoms with Crippen molar-refractivity contribution >= 4 is 29.3 Å². The van der Waals surface area contributed by atoms with Crippen LogP contribution in [0.1, 0.15) is 48.2 Å². The minimum atomic E-state index is -0.241. The Hall–Kier alpha value is -2.35. The lowest BCUT2D eigenvalue weighted by Crippen LogP contribution is -2.34. The summed E-state index contributed by atoms with van der Waals surface area (Å²) in [7, 11) is 0. The summed E-state index contributed by atoms with van der Waals surface area (Å²) in [5, 5.41) is 13.3. The maximum absolute atomic E-state index is 12.2. The number of aromatic amines is 1. The molecule has 1 heterocycles. The Bertz CT molecular complexity index is 851. The third kappa shape index (κ3) is 6.32. The molecule has 3 N–H and O–H groups in total. The quantitative estimate of drug-likeness (QED) is 0.575. The molecule has 156 valence electrons. The Morgan fingerprint density at radius 1 is 1.14 bits per heavy atom. The molecule has 0 unspecified atom stereocenters. The van der Waals surface area contributed by atoms with E-state index in [9.17, 15) is 9.59 Å². The second-order valence-electron chi connectivity index (χ2n) is 7.81. The predicted octanol–water partition coefficient (Wildman–Crippen LogP) is 3.31. The van der Waals surface area contributed by atoms with Crippen LogP contribution in [-0.2, 0) is 16.0 Å². The highest BCUT2D eigenvalue weighted by Crippen LogP contribution is 2.27. The topological polar surface area (TPSA) is 99.8 Å². The Morgan fingerprint density at radius 2 is 1.83 bits per heavy atom. The van der Waals surface area contributed by atoms with Crippen LogP contribution in [0.4, 0.5) is 5.69 Å². The third-order valence-electron chi connectivity index (χ3n) is 5.19. The summed E-state index contributed by atoms with van der Waals surface area (Å²) < 4.78 is 0. The number of hydrogen-bond acceptors (Lipinski definition) is 5. The SMILES string of the molecule is Cc1cc(C)c(NC(=O)CNC(=O)CSc2n[nH]c(CC3CCCC3)n2)c(C)c1. The van der Waals surface area contributed by atoms with Gasteiger partial charge in [0.15, 0.2) is 0 Å². The molecule has 0 bridgehead atoms. The van der Waals surface area contributed by atoms with Gasteiger partial charge in [-0.2, -0.15) is 0 Å². The van der Waals surface area contributed by atoms with Crippen LogP contribution in [0.2, 0.25) is 0 Å². The van der Waals surface area contributed by atoms with Crippen molar-refractivity contribution in [3.8, 4) is 0 Å². The van der Waals surface area contributed by atoms with Crippen LogP contribution < -0.4 is 10.6 Å². The number of carbonyl (C=O) groups is 2. The number of benzene rings is 1. The monoisotopic (exact) mass is 415 g/mol. The van der Waals surface area contributed by atoms with Crippen LogP contribution in [0.3, 0.4) is 0 Å². The van der Waals surface area contributed by atoms with E-state index in [0.29, 0.717) is 11.1 Å². The highest BCUT2D eigenvalue weighted by Gasteiger charge is 2.18. The predicted molar refractivity (Wildman–Crippen MR) is 115 cm³/mol. The second-order valence-corrected chi connectivity index (χ2v) is 8.75. The molecule has 8 heteroatoms. The molecule has 0 aliphatic heterocycles. The van der Waals surface area contributed by atoms with Crippen molar-refractivity contribution in [2.24, 2.45) is 5.92 Å². The highest BCUT2D eigenvalue weighted by molar-refractivity contribution is 7.99. The van der Waals surface area contributed by atoms with E-state index in [1.165, 1.54) is 37.4 Å². The Morgan fingerprint density at radius 3 is 2.52 bits per heavy atom. The summed E-state index contributed by atoms with van der Waals surface area (Å²) in [6.45, 7) is 5.88. The van der Waals surface area contributed by atoms with Gasteiger partial charge in [0.1, 0.15) is 5.82 Å². The molecule has 1 aromatic heterocycles. The number of aromatic nitrogens is 3. The first kappa shape index (κ1) is 21.4. The number of hydrogen-bond donors (Lipinski definition) is 3. The fraction of sp³-hybridized carbons (Fsp3) is 0.524. The van der Waals surface area contributed by atoms with Gasteiger partial charge in [-0.05, 0) is 37.8 Å². The van der Waals surface area contributed by atoms with E-state index in [1.807, 2.05) is 32.9 Å². The zero-order chi connectivity index (χ0) is 20.8. The first-order chi connectivity index (χ1) is 13.9. The molecule has 0 atom stereocenters. The Balaban J connectivity index is 1.40. The van der Waals surface area contributed by atoms with E-state index in [1.54, 1.807) is 0 Å². The lowest BCUT2D eigenvalue weighted by atomic mass is 10.0. The largest absolute Gasteiger partial charge is 0.346 e. The summed E-state index contributed by atoms with van der Waals surface area (Å²) in [6, 6.07) is 4.05. The average molecular weight is 416 g/mol. The van der Waals surface area contributed by atoms with Crippen LogP contribution in [-0.4, -0.2) is 39.3 Å². The molecule has 1 saturated carbocycles. The van der Waals surface area contributed by atoms with Crippen molar-refractivity contribution in [2.45, 2.75) is 58.0 Å². The molecule has 1 aromatic carbocycles. The lowest BCUT2D eigenvalue weighted by Gasteiger charge is -2.13. The van der Waals surface area contributed by atoms with E-state index in [4.69, 9.17) is 0 Å². The van der Waals surface area contributed by atoms with Crippen LogP contribution in [0.15, 0.2) is 17.3 Å². The van der Waals surface area contributed by atoms with Crippen LogP contribution in [0, 0.1) is 26.7 Å². The highest BCUT2D eigenvalue weighted by atomic mass is 32.2. The van der Waals surface area contributed by atoms with Gasteiger partial charge < -0.3 is 10.6 Å². The number of carbonyl (C=O) groups excluding carboxylic acids is 2. The molecule has 1 aliphatic carbocycles. The summed E-state index contributed by atoms with van der Waals surface area (Å²) in [5.74, 6) is 1.31. The Kier molecular flexibility index (Phi) is 7.30. The number of nitrogens with zero attached hydrogens (tertiary/aromatic N) is 2. The number of anilines is 1. The molecule has 0 spiro atoms. The molecule has 1 aliphatic rings. The van der Waals surface area contributed by atoms with E-state index in [2.05, 4.69) is 25.8 Å². The molecule has 7 nitrogen and oxygen atoms in total. The molecule has 2 amide bonds. The molecule has 0 saturated heterocycles. The average Bonchev–Trinajstić information content (AvgIpc) is 3.33. The van der Waals surface area contributed by atoms with Crippen LogP contribution in [0.25, 0.3) is 0 Å². The molecular formula is C21H29N5O2S. The van der Waals surface area contributed by atoms with Gasteiger partial charge in [0.25, 0.3) is 0 Å². The number of rotatable bonds is 8. The minimum absolute atomic E-state index is 0.0624. The smallest absolute Gasteiger partial charge is 0.243 e. The van der Waals surface area contributed by atoms with Gasteiger partial charge in [-0.25, -0.2) is 4.98 Å². The molecule has 1 fully saturated rings. The summed E-state index contributed by atoms with van der Waals surface area (Å²) >= 11 is 1.27. The minimum Gasteiger partial charge on any atom is -0.346 e. The maximum atomic E-state index is 12.2. The van der Waals surface area contributed by atoms with Crippen molar-refractivity contribution in [3.05, 3.63) is 34.6 Å². The standard InChI is InChI=1S/C21H29N5O2S/c1-13-8-14(2)20(15(3)9-13)24-18(27)11-22-19(28)12-29-21-23-17(25-26-21)10-16-6-4-5-7-16/h8-9,16H,4-7,10-12H2,1-3H3,(H,22,28)(H,24,27)(H,23,25,26). The van der Waals surface area contributed by atoms with Crippen LogP contribution in [0.5, 0.6) is 0 Å². The fourth-order valence-electron chi connectivity index (χ4n) is 3.84. The number of thioether (sulfide) groups is 1. The van der Waals surface area contributed by atoms with E-state index >= 15 is 0 Å². The van der Waals surface area contributed by atoms with Gasteiger partial charge in [0, 0.05) is 12.1 Å².